The van der Waals surface area contributed by atoms with Gasteiger partial charge in [0.1, 0.15) is 11.5 Å². The molecule has 0 saturated carbocycles. The van der Waals surface area contributed by atoms with Gasteiger partial charge in [-0.2, -0.15) is 0 Å². The van der Waals surface area contributed by atoms with Crippen LogP contribution in [-0.4, -0.2) is 58.2 Å². The first-order valence-electron chi connectivity index (χ1n) is 12.6. The molecule has 38 heavy (non-hydrogen) atoms. The Morgan fingerprint density at radius 3 is 2.58 bits per heavy atom. The number of ketones is 2. The minimum absolute atomic E-state index is 0.0573. The van der Waals surface area contributed by atoms with Gasteiger partial charge in [-0.15, -0.1) is 0 Å². The Hall–Kier alpha value is -3.69. The van der Waals surface area contributed by atoms with E-state index in [2.05, 4.69) is 0 Å². The van der Waals surface area contributed by atoms with Gasteiger partial charge in [0, 0.05) is 24.5 Å². The number of hydrogen-bond donors (Lipinski definition) is 5. The number of amides is 1. The summed E-state index contributed by atoms with van der Waals surface area (Å²) < 4.78 is 5.15. The molecule has 0 heterocycles. The Morgan fingerprint density at radius 1 is 1.16 bits per heavy atom. The Morgan fingerprint density at radius 2 is 1.92 bits per heavy atom. The average Bonchev–Trinajstić information content (AvgIpc) is 2.86. The molecule has 1 aliphatic rings. The lowest BCUT2D eigenvalue weighted by Gasteiger charge is -2.31. The zero-order chi connectivity index (χ0) is 27.8. The van der Waals surface area contributed by atoms with Crippen molar-refractivity contribution < 1.29 is 39.5 Å². The Bertz CT molecular complexity index is 1210. The van der Waals surface area contributed by atoms with Crippen LogP contribution in [0.1, 0.15) is 52.7 Å². The molecule has 204 valence electrons. The normalized spacial score (nSPS) is 16.7. The molecule has 0 aliphatic heterocycles. The van der Waals surface area contributed by atoms with Gasteiger partial charge in [-0.1, -0.05) is 30.4 Å². The van der Waals surface area contributed by atoms with E-state index in [-0.39, 0.29) is 48.2 Å². The van der Waals surface area contributed by atoms with Crippen LogP contribution < -0.4 is 10.5 Å². The van der Waals surface area contributed by atoms with Gasteiger partial charge in [0.15, 0.2) is 17.3 Å². The van der Waals surface area contributed by atoms with E-state index in [1.165, 1.54) is 13.2 Å². The van der Waals surface area contributed by atoms with E-state index < -0.39 is 36.6 Å². The predicted molar refractivity (Wildman–Crippen MR) is 141 cm³/mol. The fourth-order valence-electron chi connectivity index (χ4n) is 5.33. The van der Waals surface area contributed by atoms with Gasteiger partial charge >= 0.3 is 0 Å². The summed E-state index contributed by atoms with van der Waals surface area (Å²) in [5, 5.41) is 40.2. The van der Waals surface area contributed by atoms with Crippen LogP contribution in [0.3, 0.4) is 0 Å². The third-order valence-electron chi connectivity index (χ3n) is 7.17. The number of para-hydroxylation sites is 1. The lowest BCUT2D eigenvalue weighted by Crippen LogP contribution is -2.33. The van der Waals surface area contributed by atoms with E-state index in [0.717, 1.165) is 5.56 Å². The van der Waals surface area contributed by atoms with Crippen molar-refractivity contribution in [3.63, 3.8) is 0 Å². The monoisotopic (exact) mass is 525 g/mol. The van der Waals surface area contributed by atoms with Gasteiger partial charge in [0.05, 0.1) is 25.7 Å². The maximum Gasteiger partial charge on any atom is 0.224 e. The van der Waals surface area contributed by atoms with Crippen LogP contribution >= 0.6 is 0 Å². The number of nitrogens with two attached hydrogens (primary N) is 1. The molecule has 0 spiro atoms. The number of carbonyl (C=O) groups is 3. The topological polar surface area (TPSA) is 167 Å². The Balaban J connectivity index is 1.84. The van der Waals surface area contributed by atoms with Crippen LogP contribution in [-0.2, 0) is 22.4 Å². The van der Waals surface area contributed by atoms with Gasteiger partial charge in [-0.05, 0) is 60.8 Å². The standard InChI is InChI=1S/C29H35NO8/c1-38-26-7-3-6-19(29(26)37)5-2-4-18-8-9-23(33)28-21(18)13-17(14-25(28)35)12-20(10-11-31)22(16-32)24(34)15-27(30)36/h2-4,6-9,17,20,22,31-33,37H,5,10-16H2,1H3,(H2,30,36)/b4-2-. The molecule has 1 aliphatic carbocycles. The number of aliphatic hydroxyl groups excluding tert-OH is 2. The summed E-state index contributed by atoms with van der Waals surface area (Å²) in [6.45, 7) is -0.700. The van der Waals surface area contributed by atoms with Gasteiger partial charge in [0.2, 0.25) is 5.91 Å². The number of benzene rings is 2. The quantitative estimate of drug-likeness (QED) is 0.249. The van der Waals surface area contributed by atoms with Crippen LogP contribution in [0, 0.1) is 17.8 Å². The number of aromatic hydroxyl groups is 2. The number of methoxy groups -OCH3 is 1. The number of ether oxygens (including phenoxy) is 1. The number of phenols is 2. The molecule has 9 heteroatoms. The van der Waals surface area contributed by atoms with Crippen molar-refractivity contribution in [1.82, 2.24) is 0 Å². The van der Waals surface area contributed by atoms with Crippen LogP contribution in [0.15, 0.2) is 36.4 Å². The van der Waals surface area contributed by atoms with Gasteiger partial charge in [0.25, 0.3) is 0 Å². The Labute approximate surface area is 221 Å². The number of rotatable bonds is 13. The number of phenolic OH excluding ortho intramolecular Hbond substituents is 2. The van der Waals surface area contributed by atoms with Crippen molar-refractivity contribution >= 4 is 23.5 Å². The van der Waals surface area contributed by atoms with E-state index in [0.29, 0.717) is 36.1 Å². The van der Waals surface area contributed by atoms with Crippen molar-refractivity contribution in [1.29, 1.82) is 0 Å². The molecule has 0 aromatic heterocycles. The number of primary amides is 1. The highest BCUT2D eigenvalue weighted by molar-refractivity contribution is 6.02. The molecule has 3 unspecified atom stereocenters. The van der Waals surface area contributed by atoms with Gasteiger partial charge in [-0.3, -0.25) is 14.4 Å². The van der Waals surface area contributed by atoms with Crippen LogP contribution in [0.25, 0.3) is 6.08 Å². The third kappa shape index (κ3) is 6.79. The van der Waals surface area contributed by atoms with Crippen molar-refractivity contribution in [3.05, 3.63) is 58.7 Å². The molecule has 6 N–H and O–H groups in total. The fraction of sp³-hybridized carbons (Fsp3) is 0.414. The second-order valence-corrected chi connectivity index (χ2v) is 9.71. The van der Waals surface area contributed by atoms with E-state index in [1.807, 2.05) is 12.2 Å². The number of hydrogen-bond acceptors (Lipinski definition) is 8. The summed E-state index contributed by atoms with van der Waals surface area (Å²) in [6.07, 6.45) is 4.81. The molecule has 2 aromatic carbocycles. The van der Waals surface area contributed by atoms with Crippen LogP contribution in [0.2, 0.25) is 0 Å². The van der Waals surface area contributed by atoms with Crippen molar-refractivity contribution in [2.75, 3.05) is 20.3 Å². The second-order valence-electron chi connectivity index (χ2n) is 9.71. The highest BCUT2D eigenvalue weighted by Crippen LogP contribution is 2.39. The number of fused-ring (bicyclic) bond motifs is 1. The lowest BCUT2D eigenvalue weighted by molar-refractivity contribution is -0.131. The summed E-state index contributed by atoms with van der Waals surface area (Å²) in [7, 11) is 1.48. The summed E-state index contributed by atoms with van der Waals surface area (Å²) in [5.41, 5.74) is 7.54. The van der Waals surface area contributed by atoms with E-state index >= 15 is 0 Å². The number of aliphatic hydroxyl groups is 2. The summed E-state index contributed by atoms with van der Waals surface area (Å²) in [5.74, 6) is -2.66. The number of Topliss-reactive ketones (excluding diaryl/α,β-unsaturated/α-hetero) is 2. The first-order valence-corrected chi connectivity index (χ1v) is 12.6. The van der Waals surface area contributed by atoms with Crippen molar-refractivity contribution in [3.8, 4) is 17.2 Å². The van der Waals surface area contributed by atoms with Crippen molar-refractivity contribution in [2.45, 2.75) is 38.5 Å². The highest BCUT2D eigenvalue weighted by Gasteiger charge is 2.34. The van der Waals surface area contributed by atoms with Crippen LogP contribution in [0.4, 0.5) is 0 Å². The molecule has 0 fully saturated rings. The minimum Gasteiger partial charge on any atom is -0.507 e. The molecule has 2 aromatic rings. The maximum absolute atomic E-state index is 13.1. The minimum atomic E-state index is -0.870. The summed E-state index contributed by atoms with van der Waals surface area (Å²) >= 11 is 0. The van der Waals surface area contributed by atoms with E-state index in [9.17, 15) is 34.8 Å². The molecule has 0 saturated heterocycles. The second kappa shape index (κ2) is 13.2. The van der Waals surface area contributed by atoms with Crippen LogP contribution in [0.5, 0.6) is 17.2 Å². The Kier molecular flexibility index (Phi) is 10.0. The smallest absolute Gasteiger partial charge is 0.224 e. The zero-order valence-electron chi connectivity index (χ0n) is 21.4. The van der Waals surface area contributed by atoms with E-state index in [1.54, 1.807) is 24.3 Å². The fourth-order valence-corrected chi connectivity index (χ4v) is 5.33. The van der Waals surface area contributed by atoms with E-state index in [4.69, 9.17) is 10.5 Å². The third-order valence-corrected chi connectivity index (χ3v) is 7.17. The molecule has 1 amide bonds. The molecule has 0 radical (unpaired) electrons. The molecule has 3 atom stereocenters. The molecule has 9 nitrogen and oxygen atoms in total. The van der Waals surface area contributed by atoms with Crippen molar-refractivity contribution in [2.24, 2.45) is 23.5 Å². The number of allylic oxidation sites excluding steroid dienone is 1. The first kappa shape index (κ1) is 28.9. The zero-order valence-corrected chi connectivity index (χ0v) is 21.4. The maximum atomic E-state index is 13.1. The summed E-state index contributed by atoms with van der Waals surface area (Å²) in [6, 6.07) is 8.44. The molecular formula is C29H35NO8. The summed E-state index contributed by atoms with van der Waals surface area (Å²) in [4.78, 5) is 36.9. The SMILES string of the molecule is COc1cccc(C/C=C\c2ccc(O)c3c2CC(CC(CCO)C(CO)C(=O)CC(N)=O)CC3=O)c1O. The predicted octanol–water partition coefficient (Wildman–Crippen LogP) is 2.55. The number of carbonyl (C=O) groups excluding carboxylic acids is 3. The lowest BCUT2D eigenvalue weighted by atomic mass is 9.73. The van der Waals surface area contributed by atoms with Gasteiger partial charge in [-0.25, -0.2) is 0 Å². The molecule has 3 rings (SSSR count). The highest BCUT2D eigenvalue weighted by atomic mass is 16.5. The largest absolute Gasteiger partial charge is 0.507 e. The molecule has 0 bridgehead atoms. The first-order chi connectivity index (χ1) is 18.2. The average molecular weight is 526 g/mol. The van der Waals surface area contributed by atoms with Gasteiger partial charge < -0.3 is 30.9 Å². The molecular weight excluding hydrogens is 490 g/mol.